The van der Waals surface area contributed by atoms with E-state index in [1.807, 2.05) is 0 Å². The van der Waals surface area contributed by atoms with Crippen molar-refractivity contribution >= 4 is 11.9 Å². The lowest BCUT2D eigenvalue weighted by molar-refractivity contribution is -0.173. The maximum Gasteiger partial charge on any atom is 0.471 e. The first-order valence-corrected chi connectivity index (χ1v) is 4.89. The van der Waals surface area contributed by atoms with Crippen molar-refractivity contribution < 1.29 is 27.9 Å². The molecule has 0 heterocycles. The minimum atomic E-state index is -4.92. The highest BCUT2D eigenvalue weighted by molar-refractivity contribution is 5.89. The molecule has 1 aromatic rings. The van der Waals surface area contributed by atoms with E-state index in [0.29, 0.717) is 11.1 Å². The first-order chi connectivity index (χ1) is 8.21. The van der Waals surface area contributed by atoms with Gasteiger partial charge in [0.25, 0.3) is 0 Å². The van der Waals surface area contributed by atoms with E-state index in [0.717, 1.165) is 0 Å². The highest BCUT2D eigenvalue weighted by Crippen LogP contribution is 2.15. The molecule has 0 spiro atoms. The predicted octanol–water partition coefficient (Wildman–Crippen LogP) is 1.87. The summed E-state index contributed by atoms with van der Waals surface area (Å²) in [5, 5.41) is 10.5. The fourth-order valence-corrected chi connectivity index (χ4v) is 1.36. The fraction of sp³-hybridized carbons (Fsp3) is 0.273. The van der Waals surface area contributed by atoms with Crippen molar-refractivity contribution in [1.29, 1.82) is 0 Å². The summed E-state index contributed by atoms with van der Waals surface area (Å²) in [5.74, 6) is -3.14. The van der Waals surface area contributed by atoms with Gasteiger partial charge in [-0.05, 0) is 24.1 Å². The molecule has 0 saturated carbocycles. The number of hydrogen-bond acceptors (Lipinski definition) is 2. The number of hydrogen-bond donors (Lipinski definition) is 2. The zero-order valence-corrected chi connectivity index (χ0v) is 9.34. The molecule has 2 N–H and O–H groups in total. The number of benzene rings is 1. The van der Waals surface area contributed by atoms with E-state index in [9.17, 15) is 22.8 Å². The van der Waals surface area contributed by atoms with E-state index in [1.165, 1.54) is 25.1 Å². The van der Waals surface area contributed by atoms with Gasteiger partial charge in [-0.2, -0.15) is 13.2 Å². The molecular weight excluding hydrogens is 251 g/mol. The van der Waals surface area contributed by atoms with Crippen LogP contribution in [0.2, 0.25) is 0 Å². The maximum atomic E-state index is 11.9. The minimum Gasteiger partial charge on any atom is -0.478 e. The number of nitrogens with one attached hydrogen (secondary N) is 1. The van der Waals surface area contributed by atoms with Crippen LogP contribution >= 0.6 is 0 Å². The molecule has 0 fully saturated rings. The van der Waals surface area contributed by atoms with Crippen LogP contribution < -0.4 is 5.32 Å². The van der Waals surface area contributed by atoms with E-state index in [1.54, 1.807) is 5.32 Å². The number of amides is 1. The summed E-state index contributed by atoms with van der Waals surface area (Å²) in [6.45, 7) is 1.22. The Morgan fingerprint density at radius 3 is 2.39 bits per heavy atom. The van der Waals surface area contributed by atoms with Crippen LogP contribution in [0.4, 0.5) is 13.2 Å². The van der Waals surface area contributed by atoms with Gasteiger partial charge in [0.2, 0.25) is 0 Å². The highest BCUT2D eigenvalue weighted by atomic mass is 19.4. The van der Waals surface area contributed by atoms with Gasteiger partial charge in [0.1, 0.15) is 0 Å². The van der Waals surface area contributed by atoms with Gasteiger partial charge in [-0.25, -0.2) is 4.79 Å². The largest absolute Gasteiger partial charge is 0.478 e. The molecule has 1 amide bonds. The second-order valence-electron chi connectivity index (χ2n) is 3.63. The molecule has 0 aliphatic carbocycles. The minimum absolute atomic E-state index is 0.0703. The molecule has 0 saturated heterocycles. The second kappa shape index (κ2) is 5.07. The summed E-state index contributed by atoms with van der Waals surface area (Å²) >= 11 is 0. The van der Waals surface area contributed by atoms with Crippen LogP contribution in [0.5, 0.6) is 0 Å². The molecule has 18 heavy (non-hydrogen) atoms. The van der Waals surface area contributed by atoms with Crippen LogP contribution in [-0.2, 0) is 11.3 Å². The molecule has 0 atom stereocenters. The molecule has 0 bridgehead atoms. The van der Waals surface area contributed by atoms with Gasteiger partial charge in [-0.3, -0.25) is 4.79 Å². The van der Waals surface area contributed by atoms with E-state index in [-0.39, 0.29) is 12.1 Å². The van der Waals surface area contributed by atoms with Gasteiger partial charge in [-0.1, -0.05) is 12.1 Å². The summed E-state index contributed by atoms with van der Waals surface area (Å²) in [5.41, 5.74) is 0.886. The van der Waals surface area contributed by atoms with Gasteiger partial charge in [-0.15, -0.1) is 0 Å². The van der Waals surface area contributed by atoms with Gasteiger partial charge in [0.15, 0.2) is 0 Å². The number of halogens is 3. The topological polar surface area (TPSA) is 66.4 Å². The Morgan fingerprint density at radius 1 is 1.33 bits per heavy atom. The Morgan fingerprint density at radius 2 is 1.94 bits per heavy atom. The Kier molecular flexibility index (Phi) is 3.95. The summed E-state index contributed by atoms with van der Waals surface area (Å²) in [4.78, 5) is 21.3. The molecule has 0 radical (unpaired) electrons. The third kappa shape index (κ3) is 3.47. The number of carboxylic acid groups (broad SMARTS) is 1. The number of carboxylic acids is 1. The average Bonchev–Trinajstić information content (AvgIpc) is 2.24. The summed E-state index contributed by atoms with van der Waals surface area (Å²) in [6.07, 6.45) is -4.92. The summed E-state index contributed by atoms with van der Waals surface area (Å²) in [6, 6.07) is 4.06. The Labute approximate surface area is 100 Å². The Balaban J connectivity index is 2.73. The Hall–Kier alpha value is -2.05. The number of rotatable bonds is 3. The van der Waals surface area contributed by atoms with Gasteiger partial charge < -0.3 is 10.4 Å². The van der Waals surface area contributed by atoms with E-state index < -0.39 is 18.1 Å². The number of aryl methyl sites for hydroxylation is 1. The molecule has 0 aromatic heterocycles. The number of carbonyl (C=O) groups excluding carboxylic acids is 1. The molecule has 0 aliphatic heterocycles. The normalized spacial score (nSPS) is 11.1. The number of aromatic carboxylic acids is 1. The lowest BCUT2D eigenvalue weighted by Crippen LogP contribution is -2.36. The molecule has 0 unspecified atom stereocenters. The number of alkyl halides is 3. The molecular formula is C11H10F3NO3. The lowest BCUT2D eigenvalue weighted by atomic mass is 10.1. The van der Waals surface area contributed by atoms with Crippen molar-refractivity contribution in [2.24, 2.45) is 0 Å². The standard InChI is InChI=1S/C11H10F3NO3/c1-6-4-7(2-3-8(6)9(16)17)5-15-10(18)11(12,13)14/h2-4H,5H2,1H3,(H,15,18)(H,16,17). The molecule has 0 aliphatic rings. The van der Waals surface area contributed by atoms with Crippen molar-refractivity contribution in [3.63, 3.8) is 0 Å². The average molecular weight is 261 g/mol. The molecule has 4 nitrogen and oxygen atoms in total. The molecule has 7 heteroatoms. The van der Waals surface area contributed by atoms with E-state index in [2.05, 4.69) is 0 Å². The summed E-state index contributed by atoms with van der Waals surface area (Å²) < 4.78 is 35.7. The van der Waals surface area contributed by atoms with Crippen LogP contribution in [0, 0.1) is 6.92 Å². The highest BCUT2D eigenvalue weighted by Gasteiger charge is 2.38. The molecule has 1 aromatic carbocycles. The zero-order valence-electron chi connectivity index (χ0n) is 9.34. The third-order valence-electron chi connectivity index (χ3n) is 2.23. The first kappa shape index (κ1) is 14.0. The smallest absolute Gasteiger partial charge is 0.471 e. The van der Waals surface area contributed by atoms with Crippen LogP contribution in [0.15, 0.2) is 18.2 Å². The fourth-order valence-electron chi connectivity index (χ4n) is 1.36. The number of carbonyl (C=O) groups is 2. The Bertz CT molecular complexity index is 483. The van der Waals surface area contributed by atoms with E-state index in [4.69, 9.17) is 5.11 Å². The lowest BCUT2D eigenvalue weighted by Gasteiger charge is -2.09. The second-order valence-corrected chi connectivity index (χ2v) is 3.63. The zero-order chi connectivity index (χ0) is 13.9. The first-order valence-electron chi connectivity index (χ1n) is 4.89. The SMILES string of the molecule is Cc1cc(CNC(=O)C(F)(F)F)ccc1C(=O)O. The predicted molar refractivity (Wildman–Crippen MR) is 56.0 cm³/mol. The van der Waals surface area contributed by atoms with Gasteiger partial charge >= 0.3 is 18.1 Å². The van der Waals surface area contributed by atoms with E-state index >= 15 is 0 Å². The van der Waals surface area contributed by atoms with Crippen LogP contribution in [0.25, 0.3) is 0 Å². The van der Waals surface area contributed by atoms with Crippen LogP contribution in [-0.4, -0.2) is 23.2 Å². The van der Waals surface area contributed by atoms with Crippen molar-refractivity contribution in [3.8, 4) is 0 Å². The van der Waals surface area contributed by atoms with Gasteiger partial charge in [0, 0.05) is 6.54 Å². The van der Waals surface area contributed by atoms with Crippen molar-refractivity contribution in [3.05, 3.63) is 34.9 Å². The molecule has 1 rings (SSSR count). The quantitative estimate of drug-likeness (QED) is 0.872. The van der Waals surface area contributed by atoms with Crippen LogP contribution in [0.3, 0.4) is 0 Å². The van der Waals surface area contributed by atoms with Crippen LogP contribution in [0.1, 0.15) is 21.5 Å². The van der Waals surface area contributed by atoms with Crippen molar-refractivity contribution in [2.45, 2.75) is 19.6 Å². The summed E-state index contributed by atoms with van der Waals surface area (Å²) in [7, 11) is 0. The monoisotopic (exact) mass is 261 g/mol. The maximum absolute atomic E-state index is 11.9. The third-order valence-corrected chi connectivity index (χ3v) is 2.23. The van der Waals surface area contributed by atoms with Crippen molar-refractivity contribution in [1.82, 2.24) is 5.32 Å². The van der Waals surface area contributed by atoms with Crippen molar-refractivity contribution in [2.75, 3.05) is 0 Å². The molecule has 98 valence electrons. The van der Waals surface area contributed by atoms with Gasteiger partial charge in [0.05, 0.1) is 5.56 Å².